The molecule has 0 aliphatic heterocycles. The van der Waals surface area contributed by atoms with Crippen LogP contribution in [-0.4, -0.2) is 37.2 Å². The second kappa shape index (κ2) is 8.11. The third kappa shape index (κ3) is 4.29. The number of aliphatic carboxylic acids is 1. The zero-order valence-electron chi connectivity index (χ0n) is 17.6. The van der Waals surface area contributed by atoms with Crippen molar-refractivity contribution in [1.29, 1.82) is 0 Å². The van der Waals surface area contributed by atoms with Crippen LogP contribution in [0, 0.1) is 19.7 Å². The van der Waals surface area contributed by atoms with Gasteiger partial charge in [0.25, 0.3) is 0 Å². The van der Waals surface area contributed by atoms with E-state index in [0.717, 1.165) is 11.1 Å². The number of phenols is 1. The number of carbonyl (C=O) groups excluding carboxylic acids is 1. The van der Waals surface area contributed by atoms with Crippen LogP contribution in [0.2, 0.25) is 0 Å². The molecule has 0 saturated carbocycles. The van der Waals surface area contributed by atoms with Crippen LogP contribution < -0.4 is 5.32 Å². The molecule has 31 heavy (non-hydrogen) atoms. The number of hydrogen-bond donors (Lipinski definition) is 3. The molecule has 0 aliphatic rings. The molecule has 0 spiro atoms. The number of halogens is 1. The van der Waals surface area contributed by atoms with E-state index in [0.29, 0.717) is 27.1 Å². The molecule has 3 rings (SSSR count). The number of carboxylic acid groups (broad SMARTS) is 1. The average Bonchev–Trinajstić information content (AvgIpc) is 2.92. The first-order valence-corrected chi connectivity index (χ1v) is 10.0. The van der Waals surface area contributed by atoms with Crippen LogP contribution in [0.1, 0.15) is 36.2 Å². The van der Waals surface area contributed by atoms with Crippen LogP contribution in [-0.2, 0) is 16.0 Å². The quantitative estimate of drug-likeness (QED) is 0.522. The van der Waals surface area contributed by atoms with Crippen LogP contribution in [0.5, 0.6) is 5.75 Å². The van der Waals surface area contributed by atoms with Gasteiger partial charge in [-0.2, -0.15) is 0 Å². The van der Waals surface area contributed by atoms with Crippen molar-refractivity contribution in [3.63, 3.8) is 0 Å². The maximum Gasteiger partial charge on any atom is 0.328 e. The monoisotopic (exact) mass is 442 g/mol. The van der Waals surface area contributed by atoms with E-state index in [2.05, 4.69) is 5.32 Å². The Hall–Kier alpha value is -3.26. The summed E-state index contributed by atoms with van der Waals surface area (Å²) in [7, 11) is 0. The topological polar surface area (TPSA) is 91.6 Å². The van der Waals surface area contributed by atoms with Crippen molar-refractivity contribution in [1.82, 2.24) is 9.88 Å². The van der Waals surface area contributed by atoms with Crippen molar-refractivity contribution < 1.29 is 24.2 Å². The number of aromatic nitrogens is 1. The minimum Gasteiger partial charge on any atom is -0.505 e. The van der Waals surface area contributed by atoms with Crippen molar-refractivity contribution >= 4 is 40.0 Å². The van der Waals surface area contributed by atoms with Gasteiger partial charge in [0.1, 0.15) is 10.5 Å². The van der Waals surface area contributed by atoms with Crippen LogP contribution >= 0.6 is 12.2 Å². The summed E-state index contributed by atoms with van der Waals surface area (Å²) in [6, 6.07) is 10.00. The lowest BCUT2D eigenvalue weighted by atomic mass is 10.0. The highest BCUT2D eigenvalue weighted by Gasteiger charge is 2.30. The number of phenolic OH excluding ortho intramolecular Hbond substituents is 1. The number of thiocarbonyl (C=S) groups is 1. The predicted molar refractivity (Wildman–Crippen MR) is 120 cm³/mol. The second-order valence-corrected chi connectivity index (χ2v) is 8.43. The molecule has 3 N–H and O–H groups in total. The van der Waals surface area contributed by atoms with E-state index in [4.69, 9.17) is 12.2 Å². The highest BCUT2D eigenvalue weighted by molar-refractivity contribution is 7.80. The van der Waals surface area contributed by atoms with Crippen molar-refractivity contribution in [3.8, 4) is 5.75 Å². The van der Waals surface area contributed by atoms with Gasteiger partial charge < -0.3 is 20.1 Å². The number of fused-ring (bicyclic) bond motifs is 1. The largest absolute Gasteiger partial charge is 0.505 e. The lowest BCUT2D eigenvalue weighted by Gasteiger charge is -2.21. The molecular weight excluding hydrogens is 419 g/mol. The molecule has 1 aromatic heterocycles. The predicted octanol–water partition coefficient (Wildman–Crippen LogP) is 3.85. The smallest absolute Gasteiger partial charge is 0.328 e. The van der Waals surface area contributed by atoms with E-state index >= 15 is 0 Å². The van der Waals surface area contributed by atoms with E-state index in [9.17, 15) is 24.2 Å². The summed E-state index contributed by atoms with van der Waals surface area (Å²) >= 11 is 5.67. The summed E-state index contributed by atoms with van der Waals surface area (Å²) < 4.78 is 15.9. The number of aryl methyl sites for hydroxylation is 1. The van der Waals surface area contributed by atoms with E-state index < -0.39 is 29.0 Å². The van der Waals surface area contributed by atoms with E-state index in [-0.39, 0.29) is 6.42 Å². The Balaban J connectivity index is 2.12. The number of benzene rings is 2. The first kappa shape index (κ1) is 22.4. The van der Waals surface area contributed by atoms with Gasteiger partial charge in [0, 0.05) is 22.7 Å². The van der Waals surface area contributed by atoms with Crippen molar-refractivity contribution in [2.75, 3.05) is 0 Å². The molecule has 1 amide bonds. The van der Waals surface area contributed by atoms with Crippen molar-refractivity contribution in [2.24, 2.45) is 0 Å². The lowest BCUT2D eigenvalue weighted by molar-refractivity contribution is -0.145. The summed E-state index contributed by atoms with van der Waals surface area (Å²) in [5, 5.41) is 22.1. The van der Waals surface area contributed by atoms with E-state index in [1.165, 1.54) is 26.0 Å². The van der Waals surface area contributed by atoms with Crippen LogP contribution in [0.4, 0.5) is 4.39 Å². The fraction of sp³-hybridized carbons (Fsp3) is 0.261. The molecule has 0 bridgehead atoms. The van der Waals surface area contributed by atoms with Gasteiger partial charge in [-0.3, -0.25) is 4.79 Å². The number of hydrogen-bond acceptors (Lipinski definition) is 4. The number of carbonyl (C=O) groups is 2. The number of carboxylic acids is 1. The Morgan fingerprint density at radius 1 is 1.16 bits per heavy atom. The molecule has 8 heteroatoms. The maximum atomic E-state index is 14.2. The molecule has 0 saturated heterocycles. The summed E-state index contributed by atoms with van der Waals surface area (Å²) in [6.07, 6.45) is -0.159. The minimum atomic E-state index is -1.45. The molecule has 162 valence electrons. The Bertz CT molecular complexity index is 1210. The van der Waals surface area contributed by atoms with Gasteiger partial charge in [0.2, 0.25) is 5.91 Å². The standard InChI is InChI=1S/C23H23FN2O4S/c1-12-5-7-14(8-6-12)21(31)26-13(2)15(10-20(28)25-23(3,4)22(29)30)16-9-19(27)17(24)11-18(16)26/h5-9,11,27H,10H2,1-4H3,(H,25,28)(H,29,30). The molecule has 3 aromatic rings. The summed E-state index contributed by atoms with van der Waals surface area (Å²) in [6.45, 7) is 6.48. The van der Waals surface area contributed by atoms with Gasteiger partial charge in [0.05, 0.1) is 11.9 Å². The lowest BCUT2D eigenvalue weighted by Crippen LogP contribution is -2.50. The molecule has 0 fully saturated rings. The molecular formula is C23H23FN2O4S. The van der Waals surface area contributed by atoms with E-state index in [1.54, 1.807) is 11.5 Å². The number of aromatic hydroxyl groups is 1. The minimum absolute atomic E-state index is 0.159. The van der Waals surface area contributed by atoms with Gasteiger partial charge >= 0.3 is 5.97 Å². The third-order valence-corrected chi connectivity index (χ3v) is 5.65. The fourth-order valence-electron chi connectivity index (χ4n) is 3.41. The number of amides is 1. The Labute approximate surface area is 184 Å². The molecule has 0 atom stereocenters. The third-order valence-electron chi connectivity index (χ3n) is 5.23. The van der Waals surface area contributed by atoms with Crippen LogP contribution in [0.25, 0.3) is 10.9 Å². The zero-order chi connectivity index (χ0) is 23.1. The van der Waals surface area contributed by atoms with Crippen LogP contribution in [0.3, 0.4) is 0 Å². The van der Waals surface area contributed by atoms with Gasteiger partial charge in [0.15, 0.2) is 11.6 Å². The number of nitrogens with one attached hydrogen (secondary N) is 1. The first-order chi connectivity index (χ1) is 14.4. The normalized spacial score (nSPS) is 11.5. The fourth-order valence-corrected chi connectivity index (χ4v) is 3.78. The maximum absolute atomic E-state index is 14.2. The Morgan fingerprint density at radius 3 is 2.35 bits per heavy atom. The molecule has 0 radical (unpaired) electrons. The van der Waals surface area contributed by atoms with Gasteiger partial charge in [-0.15, -0.1) is 0 Å². The Morgan fingerprint density at radius 2 is 1.77 bits per heavy atom. The summed E-state index contributed by atoms with van der Waals surface area (Å²) in [4.78, 5) is 24.4. The Kier molecular flexibility index (Phi) is 5.87. The van der Waals surface area contributed by atoms with Crippen molar-refractivity contribution in [2.45, 2.75) is 39.7 Å². The highest BCUT2D eigenvalue weighted by atomic mass is 32.1. The summed E-state index contributed by atoms with van der Waals surface area (Å²) in [5.41, 5.74) is 1.91. The van der Waals surface area contributed by atoms with Crippen LogP contribution in [0.15, 0.2) is 36.4 Å². The molecule has 2 aromatic carbocycles. The zero-order valence-corrected chi connectivity index (χ0v) is 18.4. The number of rotatable bonds is 5. The molecule has 0 unspecified atom stereocenters. The second-order valence-electron chi connectivity index (χ2n) is 8.05. The number of nitrogens with zero attached hydrogens (tertiary/aromatic N) is 1. The SMILES string of the molecule is Cc1ccc(C(=S)n2c(C)c(CC(=O)NC(C)(C)C(=O)O)c3cc(O)c(F)cc32)cc1. The van der Waals surface area contributed by atoms with Gasteiger partial charge in [-0.05, 0) is 39.3 Å². The van der Waals surface area contributed by atoms with Crippen molar-refractivity contribution in [3.05, 3.63) is 64.6 Å². The van der Waals surface area contributed by atoms with Gasteiger partial charge in [-0.1, -0.05) is 42.0 Å². The first-order valence-electron chi connectivity index (χ1n) is 9.60. The van der Waals surface area contributed by atoms with Gasteiger partial charge in [-0.25, -0.2) is 9.18 Å². The molecule has 1 heterocycles. The summed E-state index contributed by atoms with van der Waals surface area (Å²) in [5.74, 6) is -3.03. The molecule has 0 aliphatic carbocycles. The highest BCUT2D eigenvalue weighted by Crippen LogP contribution is 2.32. The molecule has 6 nitrogen and oxygen atoms in total. The van der Waals surface area contributed by atoms with E-state index in [1.807, 2.05) is 31.2 Å². The average molecular weight is 443 g/mol.